The fraction of sp³-hybridized carbons (Fsp3) is 0.200. The van der Waals surface area contributed by atoms with E-state index in [1.54, 1.807) is 6.92 Å². The summed E-state index contributed by atoms with van der Waals surface area (Å²) in [6.45, 7) is 1.22. The van der Waals surface area contributed by atoms with Crippen LogP contribution < -0.4 is 9.47 Å². The lowest BCUT2D eigenvalue weighted by Crippen LogP contribution is -2.30. The molecule has 1 aliphatic heterocycles. The summed E-state index contributed by atoms with van der Waals surface area (Å²) in [5.74, 6) is -2.46. The Balaban J connectivity index is 1.83. The van der Waals surface area contributed by atoms with Crippen LogP contribution in [-0.2, 0) is 12.7 Å². The van der Waals surface area contributed by atoms with E-state index in [0.29, 0.717) is 0 Å². The molecule has 30 heavy (non-hydrogen) atoms. The average molecular weight is 422 g/mol. The Labute approximate surface area is 167 Å². The SMILES string of the molecule is C/C=C/C1(F)Oc2cccc(Cn3c(C(F)(F)F)nc4cc(C(=O)O)ccc43)c2O1. The molecule has 4 rings (SSSR count). The van der Waals surface area contributed by atoms with Crippen LogP contribution in [0.2, 0.25) is 0 Å². The molecule has 2 aromatic carbocycles. The van der Waals surface area contributed by atoms with Crippen LogP contribution in [0.15, 0.2) is 48.6 Å². The molecule has 10 heteroatoms. The summed E-state index contributed by atoms with van der Waals surface area (Å²) in [5, 5.41) is 9.09. The fourth-order valence-electron chi connectivity index (χ4n) is 3.27. The van der Waals surface area contributed by atoms with Crippen LogP contribution in [0, 0.1) is 0 Å². The minimum atomic E-state index is -4.80. The number of para-hydroxylation sites is 1. The van der Waals surface area contributed by atoms with Gasteiger partial charge in [-0.05, 0) is 31.2 Å². The quantitative estimate of drug-likeness (QED) is 0.484. The highest BCUT2D eigenvalue weighted by molar-refractivity contribution is 5.92. The number of carbonyl (C=O) groups is 1. The van der Waals surface area contributed by atoms with Crippen molar-refractivity contribution in [2.45, 2.75) is 25.7 Å². The summed E-state index contributed by atoms with van der Waals surface area (Å²) < 4.78 is 66.7. The number of hydrogen-bond acceptors (Lipinski definition) is 4. The van der Waals surface area contributed by atoms with Gasteiger partial charge < -0.3 is 19.1 Å². The number of alkyl halides is 4. The number of allylic oxidation sites excluding steroid dienone is 1. The van der Waals surface area contributed by atoms with Crippen molar-refractivity contribution in [1.82, 2.24) is 9.55 Å². The van der Waals surface area contributed by atoms with Gasteiger partial charge in [0.15, 0.2) is 11.5 Å². The number of benzene rings is 2. The number of halogens is 4. The minimum Gasteiger partial charge on any atom is -0.478 e. The van der Waals surface area contributed by atoms with E-state index in [4.69, 9.17) is 14.6 Å². The van der Waals surface area contributed by atoms with Gasteiger partial charge in [-0.2, -0.15) is 17.6 Å². The summed E-state index contributed by atoms with van der Waals surface area (Å²) in [4.78, 5) is 14.7. The van der Waals surface area contributed by atoms with E-state index in [0.717, 1.165) is 16.7 Å². The van der Waals surface area contributed by atoms with Gasteiger partial charge in [-0.3, -0.25) is 0 Å². The van der Waals surface area contributed by atoms with Crippen molar-refractivity contribution >= 4 is 17.0 Å². The fourth-order valence-corrected chi connectivity index (χ4v) is 3.27. The Morgan fingerprint density at radius 2 is 2.03 bits per heavy atom. The van der Waals surface area contributed by atoms with Crippen LogP contribution >= 0.6 is 0 Å². The third kappa shape index (κ3) is 3.34. The van der Waals surface area contributed by atoms with Gasteiger partial charge in [0.2, 0.25) is 5.82 Å². The molecular formula is C20H14F4N2O4. The molecule has 3 aromatic rings. The summed E-state index contributed by atoms with van der Waals surface area (Å²) in [5.41, 5.74) is -0.0000471. The summed E-state index contributed by atoms with van der Waals surface area (Å²) in [7, 11) is 0. The molecule has 0 saturated heterocycles. The molecule has 0 spiro atoms. The average Bonchev–Trinajstić information content (AvgIpc) is 3.19. The molecule has 0 aliphatic carbocycles. The predicted octanol–water partition coefficient (Wildman–Crippen LogP) is 4.77. The lowest BCUT2D eigenvalue weighted by Gasteiger charge is -2.14. The maximum absolute atomic E-state index is 14.6. The number of aromatic carboxylic acids is 1. The first-order valence-corrected chi connectivity index (χ1v) is 8.75. The van der Waals surface area contributed by atoms with Gasteiger partial charge in [0.25, 0.3) is 0 Å². The summed E-state index contributed by atoms with van der Waals surface area (Å²) >= 11 is 0. The van der Waals surface area contributed by atoms with Crippen LogP contribution in [0.5, 0.6) is 11.5 Å². The summed E-state index contributed by atoms with van der Waals surface area (Å²) in [6, 6.07) is 5.40. The number of imidazole rings is 1. The Kier molecular flexibility index (Phi) is 4.44. The molecule has 1 atom stereocenters. The minimum absolute atomic E-state index is 0.0183. The van der Waals surface area contributed by atoms with E-state index in [1.807, 2.05) is 0 Å². The molecule has 156 valence electrons. The van der Waals surface area contributed by atoms with Crippen molar-refractivity contribution in [3.05, 3.63) is 65.5 Å². The largest absolute Gasteiger partial charge is 0.478 e. The number of carboxylic acids is 1. The second-order valence-corrected chi connectivity index (χ2v) is 6.56. The molecule has 0 bridgehead atoms. The normalized spacial score (nSPS) is 18.4. The number of hydrogen-bond donors (Lipinski definition) is 1. The molecule has 0 saturated carbocycles. The maximum atomic E-state index is 14.6. The number of carboxylic acid groups (broad SMARTS) is 1. The van der Waals surface area contributed by atoms with Crippen molar-refractivity contribution in [2.24, 2.45) is 0 Å². The van der Waals surface area contributed by atoms with Crippen molar-refractivity contribution in [1.29, 1.82) is 0 Å². The van der Waals surface area contributed by atoms with Gasteiger partial charge in [-0.1, -0.05) is 18.2 Å². The Morgan fingerprint density at radius 1 is 1.27 bits per heavy atom. The standard InChI is InChI=1S/C20H14F4N2O4/c1-2-8-19(21)29-15-5-3-4-12(16(15)30-19)10-26-14-7-6-11(17(27)28)9-13(14)25-18(26)20(22,23)24/h2-9H,10H2,1H3,(H,27,28)/b8-2+. The van der Waals surface area contributed by atoms with Gasteiger partial charge in [-0.15, -0.1) is 0 Å². The first-order valence-electron chi connectivity index (χ1n) is 8.75. The molecule has 1 unspecified atom stereocenters. The smallest absolute Gasteiger partial charge is 0.449 e. The monoisotopic (exact) mass is 422 g/mol. The lowest BCUT2D eigenvalue weighted by molar-refractivity contribution is -0.148. The van der Waals surface area contributed by atoms with Crippen LogP contribution in [0.4, 0.5) is 17.6 Å². The first kappa shape index (κ1) is 19.7. The third-order valence-corrected chi connectivity index (χ3v) is 4.49. The van der Waals surface area contributed by atoms with Gasteiger partial charge in [0, 0.05) is 11.6 Å². The third-order valence-electron chi connectivity index (χ3n) is 4.49. The molecule has 0 fully saturated rings. The summed E-state index contributed by atoms with van der Waals surface area (Å²) in [6.07, 6.45) is -2.37. The van der Waals surface area contributed by atoms with E-state index in [-0.39, 0.29) is 40.2 Å². The molecular weight excluding hydrogens is 408 g/mol. The maximum Gasteiger partial charge on any atom is 0.449 e. The van der Waals surface area contributed by atoms with Gasteiger partial charge >= 0.3 is 18.2 Å². The molecule has 0 radical (unpaired) electrons. The number of nitrogens with zero attached hydrogens (tertiary/aromatic N) is 2. The lowest BCUT2D eigenvalue weighted by atomic mass is 10.1. The number of rotatable bonds is 4. The topological polar surface area (TPSA) is 73.6 Å². The predicted molar refractivity (Wildman–Crippen MR) is 97.1 cm³/mol. The van der Waals surface area contributed by atoms with Crippen molar-refractivity contribution in [2.75, 3.05) is 0 Å². The number of ether oxygens (including phenoxy) is 2. The van der Waals surface area contributed by atoms with E-state index in [2.05, 4.69) is 4.98 Å². The zero-order valence-electron chi connectivity index (χ0n) is 15.4. The van der Waals surface area contributed by atoms with E-state index in [1.165, 1.54) is 36.4 Å². The van der Waals surface area contributed by atoms with E-state index in [9.17, 15) is 22.4 Å². The highest BCUT2D eigenvalue weighted by Crippen LogP contribution is 2.44. The van der Waals surface area contributed by atoms with Gasteiger partial charge in [-0.25, -0.2) is 9.78 Å². The number of fused-ring (bicyclic) bond motifs is 2. The van der Waals surface area contributed by atoms with Gasteiger partial charge in [0.05, 0.1) is 23.1 Å². The van der Waals surface area contributed by atoms with Crippen molar-refractivity contribution < 1.29 is 36.9 Å². The van der Waals surface area contributed by atoms with Crippen LogP contribution in [0.3, 0.4) is 0 Å². The van der Waals surface area contributed by atoms with Crippen LogP contribution in [-0.4, -0.2) is 26.7 Å². The van der Waals surface area contributed by atoms with Crippen LogP contribution in [0.1, 0.15) is 28.7 Å². The van der Waals surface area contributed by atoms with Gasteiger partial charge in [0.1, 0.15) is 0 Å². The van der Waals surface area contributed by atoms with E-state index < -0.39 is 24.0 Å². The first-order chi connectivity index (χ1) is 14.1. The van der Waals surface area contributed by atoms with Crippen LogP contribution in [0.25, 0.3) is 11.0 Å². The molecule has 0 amide bonds. The second kappa shape index (κ2) is 6.75. The second-order valence-electron chi connectivity index (χ2n) is 6.56. The van der Waals surface area contributed by atoms with E-state index >= 15 is 0 Å². The Hall–Kier alpha value is -3.56. The molecule has 1 N–H and O–H groups in total. The molecule has 1 aromatic heterocycles. The Bertz CT molecular complexity index is 1190. The highest BCUT2D eigenvalue weighted by Gasteiger charge is 2.42. The van der Waals surface area contributed by atoms with Crippen molar-refractivity contribution in [3.8, 4) is 11.5 Å². The zero-order valence-corrected chi connectivity index (χ0v) is 15.4. The molecule has 1 aliphatic rings. The zero-order chi connectivity index (χ0) is 21.7. The number of aromatic nitrogens is 2. The highest BCUT2D eigenvalue weighted by atomic mass is 19.4. The van der Waals surface area contributed by atoms with Crippen molar-refractivity contribution in [3.63, 3.8) is 0 Å². The Morgan fingerprint density at radius 3 is 2.70 bits per heavy atom. The molecule has 2 heterocycles. The molecule has 6 nitrogen and oxygen atoms in total.